The van der Waals surface area contributed by atoms with Crippen molar-refractivity contribution in [1.82, 2.24) is 15.1 Å². The minimum atomic E-state index is -4.46. The molecular weight excluding hydrogens is 493 g/mol. The number of rotatable bonds is 7. The largest absolute Gasteiger partial charge is 0.416 e. The van der Waals surface area contributed by atoms with E-state index in [1.54, 1.807) is 23.0 Å². The number of amides is 1. The zero-order valence-electron chi connectivity index (χ0n) is 17.0. The molecule has 0 bridgehead atoms. The van der Waals surface area contributed by atoms with E-state index >= 15 is 0 Å². The molecule has 2 aromatic heterocycles. The summed E-state index contributed by atoms with van der Waals surface area (Å²) in [4.78, 5) is 14.4. The Bertz CT molecular complexity index is 1060. The van der Waals surface area contributed by atoms with E-state index in [2.05, 4.69) is 26.3 Å². The van der Waals surface area contributed by atoms with Gasteiger partial charge >= 0.3 is 6.18 Å². The summed E-state index contributed by atoms with van der Waals surface area (Å²) in [5.41, 5.74) is 6.93. The highest BCUT2D eigenvalue weighted by Crippen LogP contribution is 2.36. The second-order valence-corrected chi connectivity index (χ2v) is 9.02. The van der Waals surface area contributed by atoms with Crippen LogP contribution in [-0.2, 0) is 26.1 Å². The van der Waals surface area contributed by atoms with Crippen molar-refractivity contribution in [2.24, 2.45) is 12.8 Å². The number of aryl methyl sites for hydroxylation is 2. The molecule has 10 heteroatoms. The number of benzene rings is 1. The number of aromatic nitrogens is 2. The van der Waals surface area contributed by atoms with Gasteiger partial charge < -0.3 is 11.1 Å². The van der Waals surface area contributed by atoms with E-state index < -0.39 is 17.8 Å². The predicted octanol–water partition coefficient (Wildman–Crippen LogP) is 4.79. The van der Waals surface area contributed by atoms with Gasteiger partial charge in [0.05, 0.1) is 26.8 Å². The Morgan fingerprint density at radius 2 is 2.06 bits per heavy atom. The average molecular weight is 515 g/mol. The normalized spacial score (nSPS) is 12.7. The zero-order valence-corrected chi connectivity index (χ0v) is 19.4. The topological polar surface area (TPSA) is 72.9 Å². The van der Waals surface area contributed by atoms with Crippen LogP contribution in [0, 0.1) is 0 Å². The minimum Gasteiger partial charge on any atom is -0.347 e. The van der Waals surface area contributed by atoms with Crippen molar-refractivity contribution < 1.29 is 18.0 Å². The van der Waals surface area contributed by atoms with Crippen molar-refractivity contribution in [3.63, 3.8) is 0 Å². The first kappa shape index (κ1) is 23.5. The fraction of sp³-hybridized carbons (Fsp3) is 0.333. The van der Waals surface area contributed by atoms with Crippen LogP contribution in [0.3, 0.4) is 0 Å². The molecule has 0 radical (unpaired) electrons. The lowest BCUT2D eigenvalue weighted by atomic mass is 9.99. The van der Waals surface area contributed by atoms with Gasteiger partial charge in [0.15, 0.2) is 0 Å². The van der Waals surface area contributed by atoms with Gasteiger partial charge in [-0.05, 0) is 46.5 Å². The van der Waals surface area contributed by atoms with Gasteiger partial charge in [-0.3, -0.25) is 9.48 Å². The first-order valence-electron chi connectivity index (χ1n) is 9.62. The van der Waals surface area contributed by atoms with Gasteiger partial charge in [0.25, 0.3) is 5.91 Å². The Kier molecular flexibility index (Phi) is 7.23. The zero-order chi connectivity index (χ0) is 22.8. The summed E-state index contributed by atoms with van der Waals surface area (Å²) in [6, 6.07) is 6.50. The van der Waals surface area contributed by atoms with Crippen LogP contribution >= 0.6 is 27.3 Å². The average Bonchev–Trinajstić information content (AvgIpc) is 3.29. The SMILES string of the molecule is CCc1sc(C(=O)N[C@H](CN)Cc2ccccc2C(F)(F)F)cc1-c1c(Br)cnn1C. The van der Waals surface area contributed by atoms with Gasteiger partial charge in [0, 0.05) is 30.1 Å². The maximum Gasteiger partial charge on any atom is 0.416 e. The van der Waals surface area contributed by atoms with Crippen molar-refractivity contribution in [3.05, 3.63) is 61.9 Å². The molecule has 0 unspecified atom stereocenters. The molecule has 0 spiro atoms. The van der Waals surface area contributed by atoms with Crippen molar-refractivity contribution in [3.8, 4) is 11.3 Å². The number of nitrogens with zero attached hydrogens (tertiary/aromatic N) is 2. The molecule has 3 rings (SSSR count). The van der Waals surface area contributed by atoms with E-state index in [0.717, 1.165) is 33.1 Å². The highest BCUT2D eigenvalue weighted by Gasteiger charge is 2.33. The number of carbonyl (C=O) groups is 1. The van der Waals surface area contributed by atoms with E-state index in [-0.39, 0.29) is 24.4 Å². The number of alkyl halides is 3. The van der Waals surface area contributed by atoms with Gasteiger partial charge in [-0.15, -0.1) is 11.3 Å². The molecule has 0 aliphatic carbocycles. The molecule has 1 aromatic carbocycles. The Balaban J connectivity index is 1.83. The Morgan fingerprint density at radius 1 is 1.35 bits per heavy atom. The van der Waals surface area contributed by atoms with E-state index in [1.165, 1.54) is 23.5 Å². The molecule has 0 saturated carbocycles. The third-order valence-electron chi connectivity index (χ3n) is 4.91. The van der Waals surface area contributed by atoms with Gasteiger partial charge in [0.2, 0.25) is 0 Å². The minimum absolute atomic E-state index is 0.00985. The molecule has 0 fully saturated rings. The third-order valence-corrected chi connectivity index (χ3v) is 6.77. The van der Waals surface area contributed by atoms with Gasteiger partial charge in [-0.1, -0.05) is 25.1 Å². The predicted molar refractivity (Wildman–Crippen MR) is 119 cm³/mol. The summed E-state index contributed by atoms with van der Waals surface area (Å²) in [5.74, 6) is -0.357. The molecule has 3 N–H and O–H groups in total. The second-order valence-electron chi connectivity index (χ2n) is 7.03. The molecule has 5 nitrogen and oxygen atoms in total. The van der Waals surface area contributed by atoms with E-state index in [9.17, 15) is 18.0 Å². The Hall–Kier alpha value is -2.17. The summed E-state index contributed by atoms with van der Waals surface area (Å²) in [5, 5.41) is 7.02. The van der Waals surface area contributed by atoms with Crippen LogP contribution in [0.25, 0.3) is 11.3 Å². The molecule has 31 heavy (non-hydrogen) atoms. The number of thiophene rings is 1. The van der Waals surface area contributed by atoms with Gasteiger partial charge in [0.1, 0.15) is 0 Å². The standard InChI is InChI=1S/C21H22BrF3N4OS/c1-3-17-14(19-16(22)11-27-29(19)2)9-18(31-17)20(30)28-13(10-26)8-12-6-4-5-7-15(12)21(23,24)25/h4-7,9,11,13H,3,8,10,26H2,1-2H3,(H,28,30)/t13-/m0/s1. The van der Waals surface area contributed by atoms with Crippen molar-refractivity contribution in [2.75, 3.05) is 6.54 Å². The van der Waals surface area contributed by atoms with Crippen molar-refractivity contribution >= 4 is 33.2 Å². The molecule has 0 aliphatic rings. The number of hydrogen-bond donors (Lipinski definition) is 2. The summed E-state index contributed by atoms with van der Waals surface area (Å²) < 4.78 is 42.4. The fourth-order valence-electron chi connectivity index (χ4n) is 3.41. The van der Waals surface area contributed by atoms with E-state index in [0.29, 0.717) is 4.88 Å². The molecule has 2 heterocycles. The molecule has 1 amide bonds. The van der Waals surface area contributed by atoms with Crippen LogP contribution in [0.4, 0.5) is 13.2 Å². The lowest BCUT2D eigenvalue weighted by Gasteiger charge is -2.19. The Labute approximate surface area is 190 Å². The lowest BCUT2D eigenvalue weighted by Crippen LogP contribution is -2.41. The van der Waals surface area contributed by atoms with Crippen LogP contribution in [0.15, 0.2) is 41.0 Å². The monoisotopic (exact) mass is 514 g/mol. The second kappa shape index (κ2) is 9.54. The van der Waals surface area contributed by atoms with E-state index in [4.69, 9.17) is 5.73 Å². The van der Waals surface area contributed by atoms with Gasteiger partial charge in [-0.2, -0.15) is 18.3 Å². The van der Waals surface area contributed by atoms with Crippen LogP contribution < -0.4 is 11.1 Å². The number of hydrogen-bond acceptors (Lipinski definition) is 4. The smallest absolute Gasteiger partial charge is 0.347 e. The molecule has 0 saturated heterocycles. The summed E-state index contributed by atoms with van der Waals surface area (Å²) >= 11 is 4.84. The number of nitrogens with two attached hydrogens (primary N) is 1. The van der Waals surface area contributed by atoms with Crippen LogP contribution in [-0.4, -0.2) is 28.3 Å². The highest BCUT2D eigenvalue weighted by molar-refractivity contribution is 9.10. The first-order chi connectivity index (χ1) is 14.7. The molecule has 1 atom stereocenters. The molecular formula is C21H22BrF3N4OS. The van der Waals surface area contributed by atoms with Crippen molar-refractivity contribution in [1.29, 1.82) is 0 Å². The van der Waals surface area contributed by atoms with Gasteiger partial charge in [-0.25, -0.2) is 0 Å². The summed E-state index contributed by atoms with van der Waals surface area (Å²) in [6.07, 6.45) is -2.06. The third kappa shape index (κ3) is 5.19. The van der Waals surface area contributed by atoms with E-state index in [1.807, 2.05) is 14.0 Å². The van der Waals surface area contributed by atoms with Crippen LogP contribution in [0.2, 0.25) is 0 Å². The molecule has 0 aliphatic heterocycles. The quantitative estimate of drug-likeness (QED) is 0.475. The maximum absolute atomic E-state index is 13.3. The summed E-state index contributed by atoms with van der Waals surface area (Å²) in [7, 11) is 1.82. The molecule has 166 valence electrons. The number of nitrogens with one attached hydrogen (secondary N) is 1. The summed E-state index contributed by atoms with van der Waals surface area (Å²) in [6.45, 7) is 2.02. The number of halogens is 4. The first-order valence-corrected chi connectivity index (χ1v) is 11.2. The Morgan fingerprint density at radius 3 is 2.65 bits per heavy atom. The lowest BCUT2D eigenvalue weighted by molar-refractivity contribution is -0.138. The van der Waals surface area contributed by atoms with Crippen LogP contribution in [0.5, 0.6) is 0 Å². The molecule has 3 aromatic rings. The van der Waals surface area contributed by atoms with Crippen LogP contribution in [0.1, 0.15) is 32.6 Å². The highest BCUT2D eigenvalue weighted by atomic mass is 79.9. The fourth-order valence-corrected chi connectivity index (χ4v) is 4.97. The number of carbonyl (C=O) groups excluding carboxylic acids is 1. The van der Waals surface area contributed by atoms with Crippen molar-refractivity contribution in [2.45, 2.75) is 32.0 Å². The maximum atomic E-state index is 13.3.